The predicted octanol–water partition coefficient (Wildman–Crippen LogP) is 6.48. The number of hydrogen-bond acceptors (Lipinski definition) is 2. The highest BCUT2D eigenvalue weighted by Gasteiger charge is 2.37. The van der Waals surface area contributed by atoms with Gasteiger partial charge in [0.05, 0.1) is 12.2 Å². The van der Waals surface area contributed by atoms with Crippen molar-refractivity contribution in [2.24, 2.45) is 5.92 Å². The predicted molar refractivity (Wildman–Crippen MR) is 112 cm³/mol. The molecule has 0 bridgehead atoms. The summed E-state index contributed by atoms with van der Waals surface area (Å²) in [6, 6.07) is 0. The van der Waals surface area contributed by atoms with E-state index in [-0.39, 0.29) is 11.1 Å². The largest absolute Gasteiger partial charge is 0.417 e. The molecule has 3 unspecified atom stereocenters. The van der Waals surface area contributed by atoms with Gasteiger partial charge in [0, 0.05) is 11.9 Å². The maximum absolute atomic E-state index is 6.29. The Bertz CT molecular complexity index is 426. The van der Waals surface area contributed by atoms with Crippen LogP contribution in [0.15, 0.2) is 24.3 Å². The van der Waals surface area contributed by atoms with E-state index in [0.29, 0.717) is 12.0 Å². The van der Waals surface area contributed by atoms with Crippen LogP contribution in [-0.4, -0.2) is 32.5 Å². The van der Waals surface area contributed by atoms with Crippen molar-refractivity contribution in [3.63, 3.8) is 0 Å². The molecule has 3 atom stereocenters. The molecule has 1 rings (SSSR count). The van der Waals surface area contributed by atoms with E-state index in [1.807, 2.05) is 0 Å². The molecule has 0 spiro atoms. The molecule has 24 heavy (non-hydrogen) atoms. The third-order valence-electron chi connectivity index (χ3n) is 5.28. The van der Waals surface area contributed by atoms with E-state index in [1.54, 1.807) is 0 Å². The maximum atomic E-state index is 6.29. The topological polar surface area (TPSA) is 18.5 Å². The lowest BCUT2D eigenvalue weighted by Gasteiger charge is -2.36. The van der Waals surface area contributed by atoms with E-state index >= 15 is 0 Å². The molecule has 0 aromatic carbocycles. The van der Waals surface area contributed by atoms with Gasteiger partial charge in [-0.25, -0.2) is 0 Å². The van der Waals surface area contributed by atoms with Gasteiger partial charge < -0.3 is 9.16 Å². The van der Waals surface area contributed by atoms with E-state index in [0.717, 1.165) is 37.6 Å². The summed E-state index contributed by atoms with van der Waals surface area (Å²) in [7, 11) is -1.65. The Labute approximate surface area is 159 Å². The van der Waals surface area contributed by atoms with Crippen molar-refractivity contribution in [2.45, 2.75) is 83.7 Å². The molecule has 0 aliphatic carbocycles. The Morgan fingerprint density at radius 1 is 1.42 bits per heavy atom. The molecule has 0 aromatic heterocycles. The zero-order chi connectivity index (χ0) is 18.4. The van der Waals surface area contributed by atoms with Crippen molar-refractivity contribution in [1.82, 2.24) is 0 Å². The molecular weight excluding hydrogens is 380 g/mol. The molecule has 0 radical (unpaired) electrons. The number of halogens is 1. The zero-order valence-corrected chi connectivity index (χ0v) is 19.1. The monoisotopic (exact) mass is 416 g/mol. The first-order valence-corrected chi connectivity index (χ1v) is 13.3. The second kappa shape index (κ2) is 9.70. The summed E-state index contributed by atoms with van der Waals surface area (Å²) >= 11 is 3.48. The van der Waals surface area contributed by atoms with Crippen molar-refractivity contribution in [1.29, 1.82) is 0 Å². The fourth-order valence-electron chi connectivity index (χ4n) is 2.77. The van der Waals surface area contributed by atoms with Crippen LogP contribution in [0.4, 0.5) is 0 Å². The van der Waals surface area contributed by atoms with Crippen molar-refractivity contribution >= 4 is 24.2 Å². The van der Waals surface area contributed by atoms with Gasteiger partial charge in [-0.2, -0.15) is 0 Å². The average molecular weight is 418 g/mol. The first-order chi connectivity index (χ1) is 11.0. The smallest absolute Gasteiger partial charge is 0.191 e. The van der Waals surface area contributed by atoms with Gasteiger partial charge in [0.2, 0.25) is 0 Å². The summed E-state index contributed by atoms with van der Waals surface area (Å²) in [5, 5.41) is 1.17. The van der Waals surface area contributed by atoms with Gasteiger partial charge >= 0.3 is 0 Å². The van der Waals surface area contributed by atoms with Crippen LogP contribution in [-0.2, 0) is 9.16 Å². The van der Waals surface area contributed by atoms with Crippen molar-refractivity contribution in [2.75, 3.05) is 11.9 Å². The van der Waals surface area contributed by atoms with Gasteiger partial charge in [0.25, 0.3) is 0 Å². The minimum absolute atomic E-state index is 0.208. The fourth-order valence-corrected chi connectivity index (χ4v) is 4.06. The summed E-state index contributed by atoms with van der Waals surface area (Å²) < 4.78 is 12.6. The van der Waals surface area contributed by atoms with Gasteiger partial charge in [-0.05, 0) is 49.7 Å². The zero-order valence-electron chi connectivity index (χ0n) is 16.5. The molecule has 1 aliphatic rings. The standard InChI is InChI=1S/C20H37BrO2Si/c1-16(13-17(2)15-21)14-19-10-8-9-18(23-19)11-12-22-24(6,7)20(3,4)5/h8-9,16,18-19H,2,10-15H2,1,3-7H3. The highest BCUT2D eigenvalue weighted by atomic mass is 79.9. The number of rotatable bonds is 9. The quantitative estimate of drug-likeness (QED) is 0.243. The summed E-state index contributed by atoms with van der Waals surface area (Å²) in [5.74, 6) is 0.621. The number of ether oxygens (including phenoxy) is 1. The van der Waals surface area contributed by atoms with Gasteiger partial charge in [0.15, 0.2) is 8.32 Å². The number of allylic oxidation sites excluding steroid dienone is 1. The molecule has 0 saturated heterocycles. The number of hydrogen-bond donors (Lipinski definition) is 0. The van der Waals surface area contributed by atoms with Crippen LogP contribution in [0.25, 0.3) is 0 Å². The van der Waals surface area contributed by atoms with E-state index in [4.69, 9.17) is 9.16 Å². The second-order valence-corrected chi connectivity index (χ2v) is 14.2. The third kappa shape index (κ3) is 7.55. The van der Waals surface area contributed by atoms with Crippen LogP contribution in [0.1, 0.15) is 53.4 Å². The SMILES string of the molecule is C=C(CBr)CC(C)CC1CC=CC(CCO[Si](C)(C)C(C)(C)C)O1. The van der Waals surface area contributed by atoms with Crippen molar-refractivity contribution in [3.05, 3.63) is 24.3 Å². The normalized spacial score (nSPS) is 23.3. The van der Waals surface area contributed by atoms with E-state index in [1.165, 1.54) is 5.57 Å². The summed E-state index contributed by atoms with van der Waals surface area (Å²) in [6.07, 6.45) is 9.23. The van der Waals surface area contributed by atoms with E-state index in [9.17, 15) is 0 Å². The highest BCUT2D eigenvalue weighted by Crippen LogP contribution is 2.36. The molecule has 0 aromatic rings. The number of alkyl halides is 1. The summed E-state index contributed by atoms with van der Waals surface area (Å²) in [4.78, 5) is 0. The Morgan fingerprint density at radius 2 is 2.08 bits per heavy atom. The van der Waals surface area contributed by atoms with Crippen LogP contribution in [0.2, 0.25) is 18.1 Å². The molecule has 2 nitrogen and oxygen atoms in total. The van der Waals surface area contributed by atoms with Gasteiger partial charge in [-0.15, -0.1) is 0 Å². The third-order valence-corrected chi connectivity index (χ3v) is 10.6. The van der Waals surface area contributed by atoms with Crippen molar-refractivity contribution in [3.8, 4) is 0 Å². The molecule has 0 amide bonds. The Kier molecular flexibility index (Phi) is 8.95. The highest BCUT2D eigenvalue weighted by molar-refractivity contribution is 9.09. The summed E-state index contributed by atoms with van der Waals surface area (Å²) in [6.45, 7) is 18.7. The van der Waals surface area contributed by atoms with Crippen LogP contribution in [0.5, 0.6) is 0 Å². The first kappa shape index (κ1) is 22.1. The minimum atomic E-state index is -1.65. The van der Waals surface area contributed by atoms with Crippen LogP contribution in [0.3, 0.4) is 0 Å². The van der Waals surface area contributed by atoms with Gasteiger partial charge in [0.1, 0.15) is 0 Å². The van der Waals surface area contributed by atoms with Crippen molar-refractivity contribution < 1.29 is 9.16 Å². The lowest BCUT2D eigenvalue weighted by Crippen LogP contribution is -2.41. The molecular formula is C20H37BrO2Si. The fraction of sp³-hybridized carbons (Fsp3) is 0.800. The van der Waals surface area contributed by atoms with E-state index < -0.39 is 8.32 Å². The lowest BCUT2D eigenvalue weighted by atomic mass is 9.94. The molecule has 1 aliphatic heterocycles. The summed E-state index contributed by atoms with van der Waals surface area (Å²) in [5.41, 5.74) is 1.27. The maximum Gasteiger partial charge on any atom is 0.191 e. The molecule has 140 valence electrons. The Balaban J connectivity index is 2.37. The van der Waals surface area contributed by atoms with Crippen LogP contribution in [0, 0.1) is 5.92 Å². The molecule has 4 heteroatoms. The lowest BCUT2D eigenvalue weighted by molar-refractivity contribution is -0.0147. The molecule has 1 heterocycles. The molecule has 0 N–H and O–H groups in total. The second-order valence-electron chi connectivity index (χ2n) is 8.79. The van der Waals surface area contributed by atoms with Crippen LogP contribution < -0.4 is 0 Å². The molecule has 0 saturated carbocycles. The first-order valence-electron chi connectivity index (χ1n) is 9.24. The van der Waals surface area contributed by atoms with E-state index in [2.05, 4.69) is 75.4 Å². The average Bonchev–Trinajstić information content (AvgIpc) is 2.46. The van der Waals surface area contributed by atoms with Gasteiger partial charge in [-0.3, -0.25) is 0 Å². The Morgan fingerprint density at radius 3 is 2.67 bits per heavy atom. The molecule has 0 fully saturated rings. The minimum Gasteiger partial charge on any atom is -0.417 e. The van der Waals surface area contributed by atoms with Gasteiger partial charge in [-0.1, -0.05) is 67.9 Å². The van der Waals surface area contributed by atoms with Crippen LogP contribution >= 0.6 is 15.9 Å². The Hall–Kier alpha value is 0.0969.